The Bertz CT molecular complexity index is 354. The highest BCUT2D eigenvalue weighted by molar-refractivity contribution is 5.74. The molecule has 0 heterocycles. The molecule has 0 aromatic rings. The molecule has 0 saturated heterocycles. The summed E-state index contributed by atoms with van der Waals surface area (Å²) in [6, 6.07) is 0. The first kappa shape index (κ1) is 7.10. The summed E-state index contributed by atoms with van der Waals surface area (Å²) in [5.74, 6) is -0.775. The van der Waals surface area contributed by atoms with Gasteiger partial charge in [0.15, 0.2) is 0 Å². The summed E-state index contributed by atoms with van der Waals surface area (Å²) >= 11 is 0. The molecule has 2 heteroatoms. The smallest absolute Gasteiger partial charge is 0.307 e. The number of hydrogen-bond acceptors (Lipinski definition) is 1. The van der Waals surface area contributed by atoms with Crippen molar-refractivity contribution in [1.29, 1.82) is 0 Å². The van der Waals surface area contributed by atoms with Gasteiger partial charge < -0.3 is 5.11 Å². The number of fused-ring (bicyclic) bond motifs is 1. The van der Waals surface area contributed by atoms with Crippen molar-refractivity contribution in [3.05, 3.63) is 47.1 Å². The van der Waals surface area contributed by atoms with Gasteiger partial charge in [-0.25, -0.2) is 0 Å². The lowest BCUT2D eigenvalue weighted by Crippen LogP contribution is -1.94. The van der Waals surface area contributed by atoms with E-state index in [4.69, 9.17) is 5.11 Å². The molecule has 2 rings (SSSR count). The average molecular weight is 160 g/mol. The van der Waals surface area contributed by atoms with Gasteiger partial charge in [0.05, 0.1) is 6.42 Å². The monoisotopic (exact) mass is 160 g/mol. The van der Waals surface area contributed by atoms with Crippen LogP contribution in [0.15, 0.2) is 47.1 Å². The highest BCUT2D eigenvalue weighted by atomic mass is 16.4. The first-order chi connectivity index (χ1) is 5.75. The van der Waals surface area contributed by atoms with Crippen LogP contribution in [0.25, 0.3) is 0 Å². The number of aliphatic carboxylic acids is 1. The van der Waals surface area contributed by atoms with E-state index < -0.39 is 5.97 Å². The Hall–Kier alpha value is -1.57. The maximum atomic E-state index is 10.4. The Kier molecular flexibility index (Phi) is 1.47. The summed E-state index contributed by atoms with van der Waals surface area (Å²) in [6.07, 6.45) is 9.90. The topological polar surface area (TPSA) is 37.3 Å². The Labute approximate surface area is 70.2 Å². The van der Waals surface area contributed by atoms with Gasteiger partial charge in [0.1, 0.15) is 0 Å². The van der Waals surface area contributed by atoms with E-state index >= 15 is 0 Å². The zero-order chi connectivity index (χ0) is 8.55. The standard InChI is InChI=1S/C10H8O2/c11-10(12)6-7-4-8-2-1-3-9(8)5-7/h1-5H,6H2,(H,11,12). The minimum Gasteiger partial charge on any atom is -0.481 e. The van der Waals surface area contributed by atoms with Crippen molar-refractivity contribution in [3.63, 3.8) is 0 Å². The van der Waals surface area contributed by atoms with Gasteiger partial charge in [-0.1, -0.05) is 30.4 Å². The van der Waals surface area contributed by atoms with Crippen LogP contribution >= 0.6 is 0 Å². The van der Waals surface area contributed by atoms with E-state index in [-0.39, 0.29) is 6.42 Å². The SMILES string of the molecule is O=C(O)CC1=CC2=CC=CC2=C1. The van der Waals surface area contributed by atoms with E-state index in [0.29, 0.717) is 0 Å². The number of carboxylic acids is 1. The van der Waals surface area contributed by atoms with Gasteiger partial charge in [-0.05, 0) is 16.7 Å². The maximum Gasteiger partial charge on any atom is 0.307 e. The van der Waals surface area contributed by atoms with Crippen LogP contribution in [-0.4, -0.2) is 11.1 Å². The molecule has 0 unspecified atom stereocenters. The van der Waals surface area contributed by atoms with Gasteiger partial charge in [-0.15, -0.1) is 0 Å². The molecule has 2 aliphatic rings. The molecule has 12 heavy (non-hydrogen) atoms. The molecule has 0 aliphatic heterocycles. The fourth-order valence-electron chi connectivity index (χ4n) is 1.43. The number of allylic oxidation sites excluding steroid dienone is 7. The average Bonchev–Trinajstić information content (AvgIpc) is 2.43. The zero-order valence-corrected chi connectivity index (χ0v) is 6.45. The Morgan fingerprint density at radius 3 is 2.83 bits per heavy atom. The van der Waals surface area contributed by atoms with Crippen LogP contribution < -0.4 is 0 Å². The second kappa shape index (κ2) is 2.48. The van der Waals surface area contributed by atoms with Crippen LogP contribution in [0.5, 0.6) is 0 Å². The Morgan fingerprint density at radius 2 is 2.17 bits per heavy atom. The van der Waals surface area contributed by atoms with Crippen molar-refractivity contribution in [1.82, 2.24) is 0 Å². The molecule has 0 radical (unpaired) electrons. The second-order valence-corrected chi connectivity index (χ2v) is 2.87. The molecule has 0 spiro atoms. The van der Waals surface area contributed by atoms with Gasteiger partial charge in [0, 0.05) is 0 Å². The van der Waals surface area contributed by atoms with Crippen LogP contribution in [-0.2, 0) is 4.79 Å². The summed E-state index contributed by atoms with van der Waals surface area (Å²) in [7, 11) is 0. The van der Waals surface area contributed by atoms with Crippen LogP contribution in [0, 0.1) is 0 Å². The van der Waals surface area contributed by atoms with Crippen molar-refractivity contribution in [3.8, 4) is 0 Å². The second-order valence-electron chi connectivity index (χ2n) is 2.87. The molecule has 60 valence electrons. The molecule has 2 nitrogen and oxygen atoms in total. The summed E-state index contributed by atoms with van der Waals surface area (Å²) < 4.78 is 0. The van der Waals surface area contributed by atoms with Crippen LogP contribution in [0.4, 0.5) is 0 Å². The van der Waals surface area contributed by atoms with Crippen molar-refractivity contribution >= 4 is 5.97 Å². The Balaban J connectivity index is 2.19. The molecular weight excluding hydrogens is 152 g/mol. The lowest BCUT2D eigenvalue weighted by molar-refractivity contribution is -0.136. The van der Waals surface area contributed by atoms with Crippen molar-refractivity contribution in [2.45, 2.75) is 6.42 Å². The quantitative estimate of drug-likeness (QED) is 0.669. The number of hydrogen-bond donors (Lipinski definition) is 1. The molecular formula is C10H8O2. The third-order valence-corrected chi connectivity index (χ3v) is 1.92. The predicted molar refractivity (Wildman–Crippen MR) is 45.6 cm³/mol. The maximum absolute atomic E-state index is 10.4. The highest BCUT2D eigenvalue weighted by Crippen LogP contribution is 2.29. The van der Waals surface area contributed by atoms with Crippen LogP contribution in [0.3, 0.4) is 0 Å². The molecule has 0 aromatic heterocycles. The fraction of sp³-hybridized carbons (Fsp3) is 0.100. The van der Waals surface area contributed by atoms with Crippen LogP contribution in [0.2, 0.25) is 0 Å². The largest absolute Gasteiger partial charge is 0.481 e. The molecule has 0 fully saturated rings. The summed E-state index contributed by atoms with van der Waals surface area (Å²) in [6.45, 7) is 0. The van der Waals surface area contributed by atoms with Crippen molar-refractivity contribution < 1.29 is 9.90 Å². The number of carbonyl (C=O) groups is 1. The van der Waals surface area contributed by atoms with E-state index in [1.807, 2.05) is 30.4 Å². The molecule has 2 aliphatic carbocycles. The molecule has 0 bridgehead atoms. The first-order valence-electron chi connectivity index (χ1n) is 3.78. The Morgan fingerprint density at radius 1 is 1.33 bits per heavy atom. The summed E-state index contributed by atoms with van der Waals surface area (Å²) in [5, 5.41) is 8.53. The molecule has 0 aromatic carbocycles. The number of carboxylic acid groups (broad SMARTS) is 1. The third kappa shape index (κ3) is 1.11. The van der Waals surface area contributed by atoms with Crippen molar-refractivity contribution in [2.75, 3.05) is 0 Å². The molecule has 0 saturated carbocycles. The lowest BCUT2D eigenvalue weighted by atomic mass is 10.2. The van der Waals surface area contributed by atoms with E-state index in [1.165, 1.54) is 0 Å². The van der Waals surface area contributed by atoms with E-state index in [0.717, 1.165) is 16.7 Å². The van der Waals surface area contributed by atoms with E-state index in [2.05, 4.69) is 0 Å². The van der Waals surface area contributed by atoms with Gasteiger partial charge in [-0.3, -0.25) is 4.79 Å². The highest BCUT2D eigenvalue weighted by Gasteiger charge is 2.13. The summed E-state index contributed by atoms with van der Waals surface area (Å²) in [5.41, 5.74) is 3.14. The fourth-order valence-corrected chi connectivity index (χ4v) is 1.43. The summed E-state index contributed by atoms with van der Waals surface area (Å²) in [4.78, 5) is 10.4. The zero-order valence-electron chi connectivity index (χ0n) is 6.45. The van der Waals surface area contributed by atoms with Crippen molar-refractivity contribution in [2.24, 2.45) is 0 Å². The van der Waals surface area contributed by atoms with E-state index in [1.54, 1.807) is 0 Å². The van der Waals surface area contributed by atoms with Gasteiger partial charge in [0.2, 0.25) is 0 Å². The minimum atomic E-state index is -0.775. The lowest BCUT2D eigenvalue weighted by Gasteiger charge is -1.90. The molecule has 0 amide bonds. The van der Waals surface area contributed by atoms with E-state index in [9.17, 15) is 4.79 Å². The number of rotatable bonds is 2. The van der Waals surface area contributed by atoms with Gasteiger partial charge in [-0.2, -0.15) is 0 Å². The molecule has 0 atom stereocenters. The van der Waals surface area contributed by atoms with Crippen LogP contribution in [0.1, 0.15) is 6.42 Å². The predicted octanol–water partition coefficient (Wildman–Crippen LogP) is 1.82. The third-order valence-electron chi connectivity index (χ3n) is 1.92. The first-order valence-corrected chi connectivity index (χ1v) is 3.78. The van der Waals surface area contributed by atoms with Gasteiger partial charge >= 0.3 is 5.97 Å². The van der Waals surface area contributed by atoms with Gasteiger partial charge in [0.25, 0.3) is 0 Å². The minimum absolute atomic E-state index is 0.120. The normalized spacial score (nSPS) is 18.5. The molecule has 1 N–H and O–H groups in total.